The minimum atomic E-state index is -3.97. The van der Waals surface area contributed by atoms with Crippen molar-refractivity contribution in [1.82, 2.24) is 14.3 Å². The van der Waals surface area contributed by atoms with Gasteiger partial charge in [-0.05, 0) is 59.9 Å². The first-order chi connectivity index (χ1) is 18.0. The molecule has 1 aliphatic rings. The summed E-state index contributed by atoms with van der Waals surface area (Å²) in [6.45, 7) is 0.616. The van der Waals surface area contributed by atoms with Gasteiger partial charge in [-0.1, -0.05) is 72.8 Å². The van der Waals surface area contributed by atoms with Crippen LogP contribution in [0.3, 0.4) is 0 Å². The Labute approximate surface area is 266 Å². The summed E-state index contributed by atoms with van der Waals surface area (Å²) in [5.41, 5.74) is 5.34. The molecule has 5 aromatic rings. The van der Waals surface area contributed by atoms with Crippen LogP contribution >= 0.6 is 0 Å². The van der Waals surface area contributed by atoms with Gasteiger partial charge < -0.3 is 5.99 Å². The summed E-state index contributed by atoms with van der Waals surface area (Å²) < 4.78 is 29.7. The summed E-state index contributed by atoms with van der Waals surface area (Å²) in [7, 11) is -3.97. The number of fused-ring (bicyclic) bond motifs is 1. The van der Waals surface area contributed by atoms with Gasteiger partial charge in [0.1, 0.15) is 5.82 Å². The molecule has 0 unspecified atom stereocenters. The molecule has 0 aliphatic heterocycles. The summed E-state index contributed by atoms with van der Waals surface area (Å²) in [4.78, 5) is 17.9. The fourth-order valence-corrected chi connectivity index (χ4v) is 5.55. The number of benzene rings is 4. The summed E-state index contributed by atoms with van der Waals surface area (Å²) in [6.07, 6.45) is 2.19. The van der Waals surface area contributed by atoms with E-state index in [9.17, 15) is 13.2 Å². The Morgan fingerprint density at radius 1 is 0.868 bits per heavy atom. The number of imidazole rings is 1. The number of carbonyl (C=O) groups is 1. The molecule has 1 amide bonds. The molecule has 186 valence electrons. The monoisotopic (exact) mass is 547 g/mol. The van der Waals surface area contributed by atoms with Crippen LogP contribution < -0.4 is 56.1 Å². The van der Waals surface area contributed by atoms with Crippen LogP contribution in [-0.2, 0) is 16.6 Å². The zero-order valence-electron chi connectivity index (χ0n) is 22.0. The first kappa shape index (κ1) is 27.0. The molecule has 6 nitrogen and oxygen atoms in total. The van der Waals surface area contributed by atoms with E-state index in [2.05, 4.69) is 45.7 Å². The molecule has 1 aromatic heterocycles. The normalized spacial score (nSPS) is 13.2. The molecular formula is C30H26KN3O3S. The van der Waals surface area contributed by atoms with Crippen molar-refractivity contribution < 1.29 is 66.0 Å². The van der Waals surface area contributed by atoms with Crippen molar-refractivity contribution in [1.29, 1.82) is 0 Å². The van der Waals surface area contributed by atoms with Crippen molar-refractivity contribution >= 4 is 27.0 Å². The number of rotatable bonds is 7. The smallest absolute Gasteiger partial charge is 1.00 e. The van der Waals surface area contributed by atoms with Crippen molar-refractivity contribution in [2.45, 2.75) is 30.2 Å². The first-order valence-electron chi connectivity index (χ1n) is 12.2. The number of nitrogens with zero attached hydrogens (tertiary/aromatic N) is 2. The molecule has 0 atom stereocenters. The molecule has 0 radical (unpaired) electrons. The summed E-state index contributed by atoms with van der Waals surface area (Å²) >= 11 is 0. The second-order valence-electron chi connectivity index (χ2n) is 9.34. The number of hydrogen-bond acceptors (Lipinski definition) is 4. The number of sulfonamides is 1. The third kappa shape index (κ3) is 5.71. The number of nitrogens with one attached hydrogen (secondary N) is 1. The molecule has 4 aromatic carbocycles. The van der Waals surface area contributed by atoms with Gasteiger partial charge in [-0.3, -0.25) is 4.79 Å². The Hall–Kier alpha value is -2.59. The number of carbonyl (C=O) groups excluding carboxylic acids is 1. The van der Waals surface area contributed by atoms with Gasteiger partial charge in [0.2, 0.25) is 0 Å². The number of aromatic nitrogens is 2. The maximum atomic E-state index is 13.0. The Morgan fingerprint density at radius 2 is 1.50 bits per heavy atom. The summed E-state index contributed by atoms with van der Waals surface area (Å²) in [5.74, 6) is 0.752. The SMILES string of the molecule is O=C(NS(=O)(=O)c1ccccc1)c1ccc2nc(C3CC3)n(Cc3ccc(-c4ccccc4)cc3)c2c1.[H-].[K+]. The molecule has 0 bridgehead atoms. The second kappa shape index (κ2) is 11.3. The molecular weight excluding hydrogens is 522 g/mol. The largest absolute Gasteiger partial charge is 1.00 e. The summed E-state index contributed by atoms with van der Waals surface area (Å²) in [6, 6.07) is 31.8. The van der Waals surface area contributed by atoms with Crippen LogP contribution in [0.15, 0.2) is 108 Å². The van der Waals surface area contributed by atoms with Crippen molar-refractivity contribution in [2.75, 3.05) is 0 Å². The Balaban J connectivity index is 0.00000176. The minimum Gasteiger partial charge on any atom is -1.00 e. The molecule has 1 saturated carbocycles. The van der Waals surface area contributed by atoms with Gasteiger partial charge in [0.05, 0.1) is 15.9 Å². The van der Waals surface area contributed by atoms with Crippen molar-refractivity contribution in [2.24, 2.45) is 0 Å². The predicted octanol–water partition coefficient (Wildman–Crippen LogP) is 2.86. The average Bonchev–Trinajstić information content (AvgIpc) is 3.72. The van der Waals surface area contributed by atoms with Gasteiger partial charge >= 0.3 is 51.4 Å². The Morgan fingerprint density at radius 3 is 2.16 bits per heavy atom. The second-order valence-corrected chi connectivity index (χ2v) is 11.0. The molecule has 38 heavy (non-hydrogen) atoms. The first-order valence-corrected chi connectivity index (χ1v) is 13.7. The Kier molecular flexibility index (Phi) is 8.00. The van der Waals surface area contributed by atoms with Crippen LogP contribution in [0.25, 0.3) is 22.2 Å². The molecule has 8 heteroatoms. The van der Waals surface area contributed by atoms with Crippen LogP contribution in [0.5, 0.6) is 0 Å². The van der Waals surface area contributed by atoms with Crippen LogP contribution in [-0.4, -0.2) is 23.9 Å². The third-order valence-electron chi connectivity index (χ3n) is 6.66. The minimum absolute atomic E-state index is 0. The number of hydrogen-bond donors (Lipinski definition) is 1. The number of amides is 1. The van der Waals surface area contributed by atoms with E-state index >= 15 is 0 Å². The van der Waals surface area contributed by atoms with Gasteiger partial charge in [-0.2, -0.15) is 0 Å². The van der Waals surface area contributed by atoms with Crippen LogP contribution in [0.1, 0.15) is 41.9 Å². The topological polar surface area (TPSA) is 81.1 Å². The maximum Gasteiger partial charge on any atom is 1.00 e. The zero-order chi connectivity index (χ0) is 25.4. The molecule has 1 aliphatic carbocycles. The molecule has 1 N–H and O–H groups in total. The molecule has 1 fully saturated rings. The predicted molar refractivity (Wildman–Crippen MR) is 145 cm³/mol. The van der Waals surface area contributed by atoms with Gasteiger partial charge in [0.15, 0.2) is 0 Å². The van der Waals surface area contributed by atoms with Gasteiger partial charge in [0.25, 0.3) is 15.9 Å². The fourth-order valence-electron chi connectivity index (χ4n) is 4.56. The third-order valence-corrected chi connectivity index (χ3v) is 8.01. The maximum absolute atomic E-state index is 13.0. The van der Waals surface area contributed by atoms with Crippen molar-refractivity contribution in [3.8, 4) is 11.1 Å². The van der Waals surface area contributed by atoms with E-state index in [-0.39, 0.29) is 63.3 Å². The molecule has 0 spiro atoms. The van der Waals surface area contributed by atoms with Crippen LogP contribution in [0.4, 0.5) is 0 Å². The van der Waals surface area contributed by atoms with Gasteiger partial charge in [-0.25, -0.2) is 18.1 Å². The van der Waals surface area contributed by atoms with E-state index in [4.69, 9.17) is 4.98 Å². The van der Waals surface area contributed by atoms with E-state index in [1.807, 2.05) is 18.2 Å². The fraction of sp³-hybridized carbons (Fsp3) is 0.133. The van der Waals surface area contributed by atoms with E-state index in [0.717, 1.165) is 40.8 Å². The summed E-state index contributed by atoms with van der Waals surface area (Å²) in [5, 5.41) is 0. The van der Waals surface area contributed by atoms with Crippen LogP contribution in [0.2, 0.25) is 0 Å². The van der Waals surface area contributed by atoms with Gasteiger partial charge in [-0.15, -0.1) is 0 Å². The van der Waals surface area contributed by atoms with E-state index in [0.29, 0.717) is 12.5 Å². The van der Waals surface area contributed by atoms with Crippen molar-refractivity contribution in [3.63, 3.8) is 0 Å². The van der Waals surface area contributed by atoms with Crippen molar-refractivity contribution in [3.05, 3.63) is 120 Å². The zero-order valence-corrected chi connectivity index (χ0v) is 25.0. The van der Waals surface area contributed by atoms with E-state index in [1.165, 1.54) is 17.7 Å². The molecule has 0 saturated heterocycles. The van der Waals surface area contributed by atoms with Gasteiger partial charge in [0, 0.05) is 18.0 Å². The van der Waals surface area contributed by atoms with E-state index in [1.54, 1.807) is 36.4 Å². The molecule has 6 rings (SSSR count). The average molecular weight is 548 g/mol. The quantitative estimate of drug-likeness (QED) is 0.318. The standard InChI is InChI=1S/C30H25N3O3S.K.H/c34-30(32-37(35,36)26-9-5-2-6-10-26)25-17-18-27-28(19-25)33(29(31-27)24-15-16-24)20-21-11-13-23(14-12-21)22-7-3-1-4-8-22;;/h1-14,17-19,24H,15-16,20H2,(H,32,34);;/q;+1;-1. The Bertz CT molecular complexity index is 1700. The van der Waals surface area contributed by atoms with E-state index < -0.39 is 15.9 Å². The van der Waals surface area contributed by atoms with Crippen LogP contribution in [0, 0.1) is 0 Å². The molecule has 1 heterocycles.